The number of para-hydroxylation sites is 1. The lowest BCUT2D eigenvalue weighted by Crippen LogP contribution is -2.02. The van der Waals surface area contributed by atoms with Gasteiger partial charge in [0.2, 0.25) is 0 Å². The molecule has 34 heavy (non-hydrogen) atoms. The van der Waals surface area contributed by atoms with Crippen molar-refractivity contribution in [1.29, 1.82) is 10.5 Å². The molecule has 4 rings (SSSR count). The highest BCUT2D eigenvalue weighted by molar-refractivity contribution is 7.10. The molecule has 2 aromatic heterocycles. The third kappa shape index (κ3) is 5.40. The first-order chi connectivity index (χ1) is 16.4. The second kappa shape index (κ2) is 10.8. The zero-order valence-corrected chi connectivity index (χ0v) is 19.6. The third-order valence-electron chi connectivity index (χ3n) is 4.52. The van der Waals surface area contributed by atoms with Gasteiger partial charge in [-0.1, -0.05) is 18.2 Å². The van der Waals surface area contributed by atoms with Crippen molar-refractivity contribution in [2.24, 2.45) is 0 Å². The van der Waals surface area contributed by atoms with Crippen molar-refractivity contribution in [1.82, 2.24) is 8.75 Å². The number of nitrogens with zero attached hydrogens (tertiary/aromatic N) is 3. The number of benzene rings is 2. The number of aryl methyl sites for hydroxylation is 2. The van der Waals surface area contributed by atoms with E-state index in [1.807, 2.05) is 68.5 Å². The fraction of sp³-hybridized carbons (Fsp3) is 0.0870. The van der Waals surface area contributed by atoms with Crippen LogP contribution in [0.4, 0.5) is 27.1 Å². The van der Waals surface area contributed by atoms with Crippen LogP contribution in [0.25, 0.3) is 4.85 Å². The molecular formula is C23H17N7O2S2. The van der Waals surface area contributed by atoms with Gasteiger partial charge in [0.25, 0.3) is 11.1 Å². The quantitative estimate of drug-likeness (QED) is 0.289. The normalized spacial score (nSPS) is 9.62. The maximum atomic E-state index is 11.3. The Morgan fingerprint density at radius 3 is 1.76 bits per heavy atom. The number of nitrogens with one attached hydrogen (secondary N) is 4. The lowest BCUT2D eigenvalue weighted by Gasteiger charge is -2.08. The van der Waals surface area contributed by atoms with Crippen LogP contribution in [0, 0.1) is 43.1 Å². The lowest BCUT2D eigenvalue weighted by atomic mass is 10.1. The van der Waals surface area contributed by atoms with E-state index in [1.165, 1.54) is 0 Å². The number of rotatable bonds is 4. The summed E-state index contributed by atoms with van der Waals surface area (Å²) >= 11 is 2.21. The van der Waals surface area contributed by atoms with E-state index in [4.69, 9.17) is 17.1 Å². The maximum absolute atomic E-state index is 11.3. The van der Waals surface area contributed by atoms with Gasteiger partial charge in [-0.2, -0.15) is 10.5 Å². The molecule has 0 radical (unpaired) electrons. The summed E-state index contributed by atoms with van der Waals surface area (Å²) in [6, 6.07) is 16.8. The molecule has 168 valence electrons. The minimum atomic E-state index is -0.388. The zero-order valence-electron chi connectivity index (χ0n) is 18.0. The average Bonchev–Trinajstić information content (AvgIpc) is 3.35. The summed E-state index contributed by atoms with van der Waals surface area (Å²) < 4.78 is 5.02. The zero-order chi connectivity index (χ0) is 24.7. The van der Waals surface area contributed by atoms with Gasteiger partial charge in [0.15, 0.2) is 16.8 Å². The van der Waals surface area contributed by atoms with Crippen LogP contribution in [-0.4, -0.2) is 8.75 Å². The number of anilines is 4. The van der Waals surface area contributed by atoms with Gasteiger partial charge >= 0.3 is 0 Å². The van der Waals surface area contributed by atoms with Gasteiger partial charge in [-0.3, -0.25) is 18.3 Å². The summed E-state index contributed by atoms with van der Waals surface area (Å²) in [5.41, 5.74) is 3.44. The van der Waals surface area contributed by atoms with Gasteiger partial charge in [-0.05, 0) is 72.3 Å². The molecule has 0 aliphatic heterocycles. The molecule has 9 nitrogen and oxygen atoms in total. The van der Waals surface area contributed by atoms with Crippen molar-refractivity contribution in [3.63, 3.8) is 0 Å². The van der Waals surface area contributed by atoms with Crippen LogP contribution >= 0.6 is 23.1 Å². The minimum absolute atomic E-state index is 0.0783. The van der Waals surface area contributed by atoms with Crippen LogP contribution < -0.4 is 21.8 Å². The molecule has 0 aliphatic carbocycles. The van der Waals surface area contributed by atoms with Crippen molar-refractivity contribution in [3.8, 4) is 12.1 Å². The minimum Gasteiger partial charge on any atom is -0.345 e. The molecule has 4 N–H and O–H groups in total. The summed E-state index contributed by atoms with van der Waals surface area (Å²) in [4.78, 5) is 26.0. The van der Waals surface area contributed by atoms with Crippen molar-refractivity contribution in [2.75, 3.05) is 10.6 Å². The first-order valence-corrected chi connectivity index (χ1v) is 11.3. The number of hydrogen-bond acceptors (Lipinski definition) is 8. The predicted molar refractivity (Wildman–Crippen MR) is 134 cm³/mol. The van der Waals surface area contributed by atoms with E-state index < -0.39 is 0 Å². The van der Waals surface area contributed by atoms with E-state index in [0.717, 1.165) is 45.6 Å². The Morgan fingerprint density at radius 2 is 1.32 bits per heavy atom. The molecule has 0 aliphatic rings. The van der Waals surface area contributed by atoms with E-state index in [9.17, 15) is 9.59 Å². The van der Waals surface area contributed by atoms with E-state index >= 15 is 0 Å². The molecule has 4 aromatic rings. The Morgan fingerprint density at radius 1 is 0.853 bits per heavy atom. The van der Waals surface area contributed by atoms with Crippen LogP contribution in [0.5, 0.6) is 0 Å². The molecule has 2 heterocycles. The van der Waals surface area contributed by atoms with Gasteiger partial charge in [0.05, 0.1) is 6.57 Å². The molecule has 0 spiro atoms. The van der Waals surface area contributed by atoms with Gasteiger partial charge in [-0.15, -0.1) is 0 Å². The van der Waals surface area contributed by atoms with Crippen molar-refractivity contribution >= 4 is 50.1 Å². The highest BCUT2D eigenvalue weighted by Gasteiger charge is 2.12. The van der Waals surface area contributed by atoms with Crippen LogP contribution in [0.3, 0.4) is 0 Å². The number of hydrogen-bond donors (Lipinski definition) is 4. The van der Waals surface area contributed by atoms with Gasteiger partial charge in [-0.25, -0.2) is 4.85 Å². The smallest absolute Gasteiger partial charge is 0.278 e. The molecule has 0 unspecified atom stereocenters. The van der Waals surface area contributed by atoms with E-state index in [-0.39, 0.29) is 22.2 Å². The number of aromatic amines is 2. The Kier molecular flexibility index (Phi) is 7.63. The van der Waals surface area contributed by atoms with Gasteiger partial charge in [0, 0.05) is 11.4 Å². The maximum Gasteiger partial charge on any atom is 0.278 e. The number of H-pyrrole nitrogens is 2. The van der Waals surface area contributed by atoms with Crippen LogP contribution in [0.1, 0.15) is 22.3 Å². The van der Waals surface area contributed by atoms with E-state index in [0.29, 0.717) is 15.7 Å². The highest BCUT2D eigenvalue weighted by Crippen LogP contribution is 2.30. The van der Waals surface area contributed by atoms with Crippen LogP contribution in [0.15, 0.2) is 52.1 Å². The van der Waals surface area contributed by atoms with E-state index in [1.54, 1.807) is 0 Å². The van der Waals surface area contributed by atoms with Crippen molar-refractivity contribution < 1.29 is 0 Å². The Bertz CT molecular complexity index is 1530. The SMILES string of the molecule is N#Cc1c(Nc2ccccc2)s[nH]c1=O.[C-]#[N+]c1c(C)cc(Nc2s[nH]c(=O)c2C#N)cc1C. The molecule has 0 atom stereocenters. The monoisotopic (exact) mass is 487 g/mol. The first kappa shape index (κ1) is 24.0. The molecular weight excluding hydrogens is 470 g/mol. The van der Waals surface area contributed by atoms with Gasteiger partial charge in [0.1, 0.15) is 22.1 Å². The second-order valence-corrected chi connectivity index (χ2v) is 8.52. The Labute approximate surface area is 202 Å². The summed E-state index contributed by atoms with van der Waals surface area (Å²) in [6.45, 7) is 10.8. The van der Waals surface area contributed by atoms with Crippen LogP contribution in [0.2, 0.25) is 0 Å². The standard InChI is InChI=1S/C13H10N4OS.C10H7N3OS/c1-7-4-9(5-8(2)11(7)15-3)16-13-10(6-14)12(18)17-19-13;11-6-8-9(14)13-15-10(8)12-7-4-2-1-3-5-7/h4-5,16H,1-2H3,(H,17,18);1-5,12H,(H,13,14). The molecule has 0 bridgehead atoms. The third-order valence-corrected chi connectivity index (χ3v) is 6.11. The molecule has 0 amide bonds. The average molecular weight is 488 g/mol. The summed E-state index contributed by atoms with van der Waals surface area (Å²) in [7, 11) is 0. The Balaban J connectivity index is 0.000000196. The fourth-order valence-corrected chi connectivity index (χ4v) is 4.38. The largest absolute Gasteiger partial charge is 0.345 e. The predicted octanol–water partition coefficient (Wildman–Crippen LogP) is 5.27. The summed E-state index contributed by atoms with van der Waals surface area (Å²) in [5.74, 6) is 0. The van der Waals surface area contributed by atoms with Crippen molar-refractivity contribution in [2.45, 2.75) is 13.8 Å². The van der Waals surface area contributed by atoms with Crippen LogP contribution in [-0.2, 0) is 0 Å². The number of aromatic nitrogens is 2. The molecule has 11 heteroatoms. The topological polar surface area (TPSA) is 142 Å². The first-order valence-electron chi connectivity index (χ1n) is 9.68. The second-order valence-electron chi connectivity index (χ2n) is 6.88. The number of nitriles is 2. The lowest BCUT2D eigenvalue weighted by molar-refractivity contribution is 1.37. The van der Waals surface area contributed by atoms with Gasteiger partial charge < -0.3 is 10.6 Å². The van der Waals surface area contributed by atoms with E-state index in [2.05, 4.69) is 24.2 Å². The Hall–Kier alpha value is -4.63. The molecule has 2 aromatic carbocycles. The molecule has 0 fully saturated rings. The molecule has 0 saturated carbocycles. The summed E-state index contributed by atoms with van der Waals surface area (Å²) in [5, 5.41) is 24.8. The molecule has 0 saturated heterocycles. The highest BCUT2D eigenvalue weighted by atomic mass is 32.1. The summed E-state index contributed by atoms with van der Waals surface area (Å²) in [6.07, 6.45) is 0. The fourth-order valence-electron chi connectivity index (χ4n) is 2.97. The van der Waals surface area contributed by atoms with Crippen molar-refractivity contribution in [3.05, 3.63) is 96.8 Å².